The highest BCUT2D eigenvalue weighted by molar-refractivity contribution is 6.07. The molecule has 0 saturated heterocycles. The van der Waals surface area contributed by atoms with Crippen LogP contribution in [0.25, 0.3) is 10.9 Å². The van der Waals surface area contributed by atoms with Gasteiger partial charge in [0.2, 0.25) is 0 Å². The van der Waals surface area contributed by atoms with E-state index in [-0.39, 0.29) is 5.91 Å². The van der Waals surface area contributed by atoms with Crippen LogP contribution in [0, 0.1) is 0 Å². The van der Waals surface area contributed by atoms with Crippen molar-refractivity contribution in [2.45, 2.75) is 25.7 Å². The van der Waals surface area contributed by atoms with Gasteiger partial charge in [0.15, 0.2) is 0 Å². The van der Waals surface area contributed by atoms with Crippen LogP contribution >= 0.6 is 0 Å². The fraction of sp³-hybridized carbons (Fsp3) is 0.294. The Kier molecular flexibility index (Phi) is 3.50. The first-order valence-corrected chi connectivity index (χ1v) is 7.11. The molecule has 1 heterocycles. The largest absolute Gasteiger partial charge is 0.349 e. The number of nitrogens with one attached hydrogen (secondary N) is 1. The highest BCUT2D eigenvalue weighted by Crippen LogP contribution is 2.29. The van der Waals surface area contributed by atoms with Gasteiger partial charge < -0.3 is 5.32 Å². The number of hydrogen-bond acceptors (Lipinski definition) is 2. The Balaban J connectivity index is 2.20. The summed E-state index contributed by atoms with van der Waals surface area (Å²) >= 11 is 0. The molecule has 1 aliphatic carbocycles. The van der Waals surface area contributed by atoms with Crippen LogP contribution in [0.3, 0.4) is 0 Å². The molecule has 3 nitrogen and oxygen atoms in total. The van der Waals surface area contributed by atoms with Crippen LogP contribution in [0.2, 0.25) is 0 Å². The summed E-state index contributed by atoms with van der Waals surface area (Å²) in [6, 6.07) is 7.90. The number of amides is 1. The Hall–Kier alpha value is -2.16. The molecule has 0 saturated carbocycles. The van der Waals surface area contributed by atoms with Gasteiger partial charge in [-0.3, -0.25) is 9.78 Å². The Morgan fingerprint density at radius 1 is 1.30 bits per heavy atom. The minimum absolute atomic E-state index is 0.0124. The summed E-state index contributed by atoms with van der Waals surface area (Å²) < 4.78 is 0. The Morgan fingerprint density at radius 3 is 2.95 bits per heavy atom. The monoisotopic (exact) mass is 266 g/mol. The third-order valence-corrected chi connectivity index (χ3v) is 3.80. The molecule has 2 aromatic rings. The number of rotatable bonds is 3. The predicted molar refractivity (Wildman–Crippen MR) is 80.9 cm³/mol. The van der Waals surface area contributed by atoms with E-state index in [1.165, 1.54) is 0 Å². The van der Waals surface area contributed by atoms with E-state index >= 15 is 0 Å². The van der Waals surface area contributed by atoms with Gasteiger partial charge >= 0.3 is 0 Å². The molecule has 1 aromatic heterocycles. The number of hydrogen-bond donors (Lipinski definition) is 1. The number of nitrogens with zero attached hydrogens (tertiary/aromatic N) is 1. The summed E-state index contributed by atoms with van der Waals surface area (Å²) in [5.74, 6) is -0.0124. The number of benzene rings is 1. The van der Waals surface area contributed by atoms with Gasteiger partial charge in [-0.15, -0.1) is 6.58 Å². The van der Waals surface area contributed by atoms with Crippen molar-refractivity contribution >= 4 is 16.8 Å². The van der Waals surface area contributed by atoms with Gasteiger partial charge in [0.05, 0.1) is 11.1 Å². The number of aromatic nitrogens is 1. The van der Waals surface area contributed by atoms with Crippen LogP contribution < -0.4 is 5.32 Å². The lowest BCUT2D eigenvalue weighted by Gasteiger charge is -2.20. The lowest BCUT2D eigenvalue weighted by Crippen LogP contribution is -2.26. The molecular weight excluding hydrogens is 248 g/mol. The molecule has 0 bridgehead atoms. The SMILES string of the molecule is C=CCNC(=O)c1c2c(nc3ccccc13)CCCC2. The Morgan fingerprint density at radius 2 is 2.10 bits per heavy atom. The molecular formula is C17H18N2O. The zero-order valence-electron chi connectivity index (χ0n) is 11.5. The van der Waals surface area contributed by atoms with Gasteiger partial charge in [-0.25, -0.2) is 0 Å². The fourth-order valence-corrected chi connectivity index (χ4v) is 2.89. The van der Waals surface area contributed by atoms with Crippen molar-refractivity contribution in [1.82, 2.24) is 10.3 Å². The molecule has 0 spiro atoms. The number of pyridine rings is 1. The first-order chi connectivity index (χ1) is 9.81. The molecule has 0 atom stereocenters. The average Bonchev–Trinajstić information content (AvgIpc) is 2.50. The topological polar surface area (TPSA) is 42.0 Å². The second-order valence-corrected chi connectivity index (χ2v) is 5.14. The second kappa shape index (κ2) is 5.45. The van der Waals surface area contributed by atoms with E-state index in [2.05, 4.69) is 11.9 Å². The smallest absolute Gasteiger partial charge is 0.252 e. The Labute approximate surface area is 118 Å². The Bertz CT molecular complexity index is 676. The van der Waals surface area contributed by atoms with E-state index < -0.39 is 0 Å². The van der Waals surface area contributed by atoms with Gasteiger partial charge in [0, 0.05) is 17.6 Å². The highest BCUT2D eigenvalue weighted by Gasteiger charge is 2.21. The molecule has 1 amide bonds. The van der Waals surface area contributed by atoms with Crippen LogP contribution in [0.1, 0.15) is 34.5 Å². The first-order valence-electron chi connectivity index (χ1n) is 7.11. The number of aryl methyl sites for hydroxylation is 1. The van der Waals surface area contributed by atoms with E-state index in [4.69, 9.17) is 4.98 Å². The van der Waals surface area contributed by atoms with Crippen molar-refractivity contribution < 1.29 is 4.79 Å². The molecule has 1 aromatic carbocycles. The van der Waals surface area contributed by atoms with Gasteiger partial charge in [-0.05, 0) is 37.3 Å². The predicted octanol–water partition coefficient (Wildman–Crippen LogP) is 3.03. The normalized spacial score (nSPS) is 13.8. The van der Waals surface area contributed by atoms with Crippen LogP contribution in [-0.4, -0.2) is 17.4 Å². The van der Waals surface area contributed by atoms with Crippen molar-refractivity contribution in [3.8, 4) is 0 Å². The lowest BCUT2D eigenvalue weighted by atomic mass is 9.89. The number of fused-ring (bicyclic) bond motifs is 2. The molecule has 20 heavy (non-hydrogen) atoms. The minimum atomic E-state index is -0.0124. The molecule has 0 radical (unpaired) electrons. The van der Waals surface area contributed by atoms with Crippen molar-refractivity contribution in [2.75, 3.05) is 6.54 Å². The van der Waals surface area contributed by atoms with Crippen molar-refractivity contribution in [3.05, 3.63) is 53.7 Å². The standard InChI is InChI=1S/C17H18N2O/c1-2-11-18-17(20)16-12-7-3-5-9-14(12)19-15-10-6-4-8-13(15)16/h2-3,5,7,9H,1,4,6,8,10-11H2,(H,18,20). The zero-order valence-corrected chi connectivity index (χ0v) is 11.5. The van der Waals surface area contributed by atoms with E-state index in [0.29, 0.717) is 6.54 Å². The van der Waals surface area contributed by atoms with E-state index in [9.17, 15) is 4.79 Å². The number of para-hydroxylation sites is 1. The lowest BCUT2D eigenvalue weighted by molar-refractivity contribution is 0.0958. The summed E-state index contributed by atoms with van der Waals surface area (Å²) in [6.45, 7) is 4.14. The maximum Gasteiger partial charge on any atom is 0.252 e. The number of carbonyl (C=O) groups is 1. The maximum absolute atomic E-state index is 12.5. The summed E-state index contributed by atoms with van der Waals surface area (Å²) in [6.07, 6.45) is 5.92. The van der Waals surface area contributed by atoms with Gasteiger partial charge in [0.1, 0.15) is 0 Å². The van der Waals surface area contributed by atoms with Crippen LogP contribution in [0.4, 0.5) is 0 Å². The molecule has 102 valence electrons. The fourth-order valence-electron chi connectivity index (χ4n) is 2.89. The molecule has 0 aliphatic heterocycles. The maximum atomic E-state index is 12.5. The second-order valence-electron chi connectivity index (χ2n) is 5.14. The van der Waals surface area contributed by atoms with Crippen molar-refractivity contribution in [1.29, 1.82) is 0 Å². The van der Waals surface area contributed by atoms with Crippen LogP contribution in [0.15, 0.2) is 36.9 Å². The molecule has 3 heteroatoms. The molecule has 0 unspecified atom stereocenters. The summed E-state index contributed by atoms with van der Waals surface area (Å²) in [5.41, 5.74) is 3.96. The summed E-state index contributed by atoms with van der Waals surface area (Å²) in [4.78, 5) is 17.2. The molecule has 3 rings (SSSR count). The highest BCUT2D eigenvalue weighted by atomic mass is 16.1. The van der Waals surface area contributed by atoms with Gasteiger partial charge in [0.25, 0.3) is 5.91 Å². The molecule has 1 N–H and O–H groups in total. The van der Waals surface area contributed by atoms with E-state index in [1.54, 1.807) is 6.08 Å². The third-order valence-electron chi connectivity index (χ3n) is 3.80. The average molecular weight is 266 g/mol. The first kappa shape index (κ1) is 12.9. The van der Waals surface area contributed by atoms with Gasteiger partial charge in [-0.2, -0.15) is 0 Å². The molecule has 1 aliphatic rings. The minimum Gasteiger partial charge on any atom is -0.349 e. The van der Waals surface area contributed by atoms with Crippen molar-refractivity contribution in [2.24, 2.45) is 0 Å². The van der Waals surface area contributed by atoms with Crippen LogP contribution in [0.5, 0.6) is 0 Å². The van der Waals surface area contributed by atoms with Gasteiger partial charge in [-0.1, -0.05) is 24.3 Å². The van der Waals surface area contributed by atoms with Crippen LogP contribution in [-0.2, 0) is 12.8 Å². The quantitative estimate of drug-likeness (QED) is 0.868. The summed E-state index contributed by atoms with van der Waals surface area (Å²) in [5, 5.41) is 3.86. The third kappa shape index (κ3) is 2.20. The van der Waals surface area contributed by atoms with Crippen molar-refractivity contribution in [3.63, 3.8) is 0 Å². The zero-order chi connectivity index (χ0) is 13.9. The summed E-state index contributed by atoms with van der Waals surface area (Å²) in [7, 11) is 0. The van der Waals surface area contributed by atoms with E-state index in [1.807, 2.05) is 24.3 Å². The molecule has 0 fully saturated rings. The van der Waals surface area contributed by atoms with E-state index in [0.717, 1.165) is 53.4 Å². The number of carbonyl (C=O) groups excluding carboxylic acids is 1.